The molecule has 2 unspecified atom stereocenters. The second kappa shape index (κ2) is 7.48. The van der Waals surface area contributed by atoms with Crippen molar-refractivity contribution in [3.05, 3.63) is 0 Å². The Hall–Kier alpha value is -1.07. The van der Waals surface area contributed by atoms with Crippen LogP contribution in [-0.4, -0.2) is 61.6 Å². The van der Waals surface area contributed by atoms with Crippen molar-refractivity contribution < 1.29 is 50.1 Å². The van der Waals surface area contributed by atoms with Crippen molar-refractivity contribution in [1.82, 2.24) is 0 Å². The normalized spacial score (nSPS) is 41.1. The lowest BCUT2D eigenvalue weighted by Gasteiger charge is -2.64. The van der Waals surface area contributed by atoms with Crippen LogP contribution in [0.5, 0.6) is 0 Å². The molecule has 1 spiro atoms. The number of carbonyl (C=O) groups excluding carboxylic acids is 1. The van der Waals surface area contributed by atoms with E-state index in [1.165, 1.54) is 0 Å². The number of halogens is 6. The first-order chi connectivity index (χ1) is 14.3. The van der Waals surface area contributed by atoms with E-state index in [0.717, 1.165) is 0 Å². The molecular formula is C20H26F6O5. The fourth-order valence-corrected chi connectivity index (χ4v) is 5.89. The van der Waals surface area contributed by atoms with Gasteiger partial charge in [-0.25, -0.2) is 4.79 Å². The van der Waals surface area contributed by atoms with Gasteiger partial charge in [0.15, 0.2) is 5.79 Å². The highest BCUT2D eigenvalue weighted by atomic mass is 19.3. The summed E-state index contributed by atoms with van der Waals surface area (Å²) in [6.07, 6.45) is 1.77. The van der Waals surface area contributed by atoms with E-state index in [4.69, 9.17) is 14.2 Å². The predicted molar refractivity (Wildman–Crippen MR) is 93.0 cm³/mol. The summed E-state index contributed by atoms with van der Waals surface area (Å²) in [5, 5.41) is 0. The van der Waals surface area contributed by atoms with Crippen molar-refractivity contribution in [3.8, 4) is 0 Å². The van der Waals surface area contributed by atoms with Crippen LogP contribution in [0, 0.1) is 17.8 Å². The molecule has 0 N–H and O–H groups in total. The van der Waals surface area contributed by atoms with E-state index >= 15 is 0 Å². The second-order valence-electron chi connectivity index (χ2n) is 9.42. The highest BCUT2D eigenvalue weighted by Gasteiger charge is 2.67. The fraction of sp³-hybridized carbons (Fsp3) is 0.950. The quantitative estimate of drug-likeness (QED) is 0.350. The lowest BCUT2D eigenvalue weighted by Crippen LogP contribution is -2.68. The van der Waals surface area contributed by atoms with E-state index < -0.39 is 54.8 Å². The zero-order valence-corrected chi connectivity index (χ0v) is 17.1. The first-order valence-corrected chi connectivity index (χ1v) is 10.5. The molecule has 31 heavy (non-hydrogen) atoms. The molecule has 0 radical (unpaired) electrons. The minimum absolute atomic E-state index is 0.0764. The Bertz CT molecular complexity index is 693. The Morgan fingerprint density at radius 3 is 2.26 bits per heavy atom. The van der Waals surface area contributed by atoms with Gasteiger partial charge in [-0.1, -0.05) is 0 Å². The molecule has 0 aromatic heterocycles. The Kier molecular flexibility index (Phi) is 5.57. The maximum Gasteiger partial charge on any atom is 0.376 e. The molecule has 0 aromatic rings. The van der Waals surface area contributed by atoms with Gasteiger partial charge in [-0.15, -0.1) is 0 Å². The average Bonchev–Trinajstić information content (AvgIpc) is 2.64. The van der Waals surface area contributed by atoms with E-state index in [-0.39, 0.29) is 31.0 Å². The second-order valence-corrected chi connectivity index (χ2v) is 9.42. The van der Waals surface area contributed by atoms with Crippen molar-refractivity contribution in [2.24, 2.45) is 17.8 Å². The lowest BCUT2D eigenvalue weighted by atomic mass is 9.51. The number of hydrogen-bond acceptors (Lipinski definition) is 5. The minimum atomic E-state index is -4.28. The van der Waals surface area contributed by atoms with Crippen LogP contribution in [-0.2, 0) is 23.7 Å². The molecule has 11 heteroatoms. The molecule has 4 bridgehead atoms. The average molecular weight is 460 g/mol. The molecule has 2 atom stereocenters. The van der Waals surface area contributed by atoms with Gasteiger partial charge in [-0.05, 0) is 38.0 Å². The van der Waals surface area contributed by atoms with Crippen molar-refractivity contribution >= 4 is 5.97 Å². The third-order valence-corrected chi connectivity index (χ3v) is 7.11. The summed E-state index contributed by atoms with van der Waals surface area (Å²) in [4.78, 5) is 11.2. The fourth-order valence-electron chi connectivity index (χ4n) is 5.89. The molecule has 1 aliphatic heterocycles. The summed E-state index contributed by atoms with van der Waals surface area (Å²) in [5.41, 5.74) is -0.621. The van der Waals surface area contributed by atoms with E-state index in [9.17, 15) is 31.1 Å². The molecule has 1 saturated heterocycles. The highest BCUT2D eigenvalue weighted by Crippen LogP contribution is 2.63. The standard InChI is InChI=1S/C20H26F6O5/c1-16(21,22)15(27)28-4-5-29-17-8-12-6-13(9-17)20(14(7-12)10-17)30-3-2-18(23,24)19(25,26)11-31-20/h12-14H,2-11H2,1H3. The van der Waals surface area contributed by atoms with Gasteiger partial charge in [-0.2, -0.15) is 26.3 Å². The monoisotopic (exact) mass is 460 g/mol. The molecule has 178 valence electrons. The first-order valence-electron chi connectivity index (χ1n) is 10.5. The first kappa shape index (κ1) is 23.1. The van der Waals surface area contributed by atoms with E-state index in [1.54, 1.807) is 0 Å². The van der Waals surface area contributed by atoms with Crippen molar-refractivity contribution in [2.75, 3.05) is 26.4 Å². The molecule has 5 fully saturated rings. The van der Waals surface area contributed by atoms with E-state index in [1.807, 2.05) is 0 Å². The van der Waals surface area contributed by atoms with Gasteiger partial charge in [-0.3, -0.25) is 0 Å². The Balaban J connectivity index is 1.41. The van der Waals surface area contributed by atoms with Crippen LogP contribution < -0.4 is 0 Å². The largest absolute Gasteiger partial charge is 0.459 e. The summed E-state index contributed by atoms with van der Waals surface area (Å²) >= 11 is 0. The van der Waals surface area contributed by atoms with Gasteiger partial charge in [0.25, 0.3) is 0 Å². The summed E-state index contributed by atoms with van der Waals surface area (Å²) in [6.45, 7) is -1.90. The third-order valence-electron chi connectivity index (χ3n) is 7.11. The topological polar surface area (TPSA) is 54.0 Å². The van der Waals surface area contributed by atoms with Crippen molar-refractivity contribution in [2.45, 2.75) is 74.6 Å². The molecule has 5 nitrogen and oxygen atoms in total. The number of ether oxygens (including phenoxy) is 4. The van der Waals surface area contributed by atoms with Crippen LogP contribution >= 0.6 is 0 Å². The van der Waals surface area contributed by atoms with Gasteiger partial charge in [0, 0.05) is 25.2 Å². The zero-order chi connectivity index (χ0) is 22.7. The van der Waals surface area contributed by atoms with Gasteiger partial charge in [0.1, 0.15) is 13.2 Å². The molecule has 5 aliphatic rings. The number of carbonyl (C=O) groups is 1. The Labute approximate surface area is 175 Å². The SMILES string of the molecule is CC(F)(F)C(=O)OCCOC12CC3CC(C1)C1(OCCC(F)(F)C(F)(F)CO1)C(C3)C2. The van der Waals surface area contributed by atoms with Gasteiger partial charge < -0.3 is 18.9 Å². The minimum Gasteiger partial charge on any atom is -0.459 e. The number of esters is 1. The molecule has 0 aromatic carbocycles. The van der Waals surface area contributed by atoms with Crippen molar-refractivity contribution in [1.29, 1.82) is 0 Å². The number of hydrogen-bond donors (Lipinski definition) is 0. The van der Waals surface area contributed by atoms with E-state index in [0.29, 0.717) is 39.0 Å². The summed E-state index contributed by atoms with van der Waals surface area (Å²) in [5.74, 6) is -15.4. The summed E-state index contributed by atoms with van der Waals surface area (Å²) < 4.78 is 103. The van der Waals surface area contributed by atoms with Crippen LogP contribution in [0.25, 0.3) is 0 Å². The van der Waals surface area contributed by atoms with Crippen LogP contribution in [0.15, 0.2) is 0 Å². The lowest BCUT2D eigenvalue weighted by molar-refractivity contribution is -0.392. The Morgan fingerprint density at radius 1 is 1.00 bits per heavy atom. The van der Waals surface area contributed by atoms with Gasteiger partial charge >= 0.3 is 23.7 Å². The third kappa shape index (κ3) is 4.06. The maximum absolute atomic E-state index is 14.0. The molecule has 1 heterocycles. The molecular weight excluding hydrogens is 434 g/mol. The van der Waals surface area contributed by atoms with Gasteiger partial charge in [0.05, 0.1) is 18.8 Å². The molecule has 0 amide bonds. The van der Waals surface area contributed by atoms with Crippen LogP contribution in [0.1, 0.15) is 45.4 Å². The summed E-state index contributed by atoms with van der Waals surface area (Å²) in [6, 6.07) is 0. The molecule has 4 aliphatic carbocycles. The van der Waals surface area contributed by atoms with Crippen LogP contribution in [0.2, 0.25) is 0 Å². The molecule has 5 rings (SSSR count). The van der Waals surface area contributed by atoms with E-state index in [2.05, 4.69) is 4.74 Å². The predicted octanol–water partition coefficient (Wildman–Crippen LogP) is 4.18. The smallest absolute Gasteiger partial charge is 0.376 e. The van der Waals surface area contributed by atoms with Gasteiger partial charge in [0.2, 0.25) is 0 Å². The Morgan fingerprint density at radius 2 is 1.65 bits per heavy atom. The highest BCUT2D eigenvalue weighted by molar-refractivity contribution is 5.76. The summed E-state index contributed by atoms with van der Waals surface area (Å²) in [7, 11) is 0. The number of alkyl halides is 6. The van der Waals surface area contributed by atoms with Crippen LogP contribution in [0.4, 0.5) is 26.3 Å². The molecule has 4 saturated carbocycles. The maximum atomic E-state index is 14.0. The van der Waals surface area contributed by atoms with Crippen LogP contribution in [0.3, 0.4) is 0 Å². The van der Waals surface area contributed by atoms with Crippen molar-refractivity contribution in [3.63, 3.8) is 0 Å². The zero-order valence-electron chi connectivity index (χ0n) is 17.1. The number of rotatable bonds is 5.